The van der Waals surface area contributed by atoms with Gasteiger partial charge in [-0.05, 0) is 64.0 Å². The quantitative estimate of drug-likeness (QED) is 0.772. The number of amides is 1. The molecule has 2 aliphatic rings. The number of nitrogens with one attached hydrogen (secondary N) is 1. The summed E-state index contributed by atoms with van der Waals surface area (Å²) >= 11 is 0. The number of hydrogen-bond acceptors (Lipinski definition) is 4. The Balaban J connectivity index is 1.38. The number of nitrogens with zero attached hydrogens (tertiary/aromatic N) is 2. The predicted octanol–water partition coefficient (Wildman–Crippen LogP) is 3.31. The highest BCUT2D eigenvalue weighted by Gasteiger charge is 2.26. The van der Waals surface area contributed by atoms with Gasteiger partial charge < -0.3 is 20.1 Å². The number of ether oxygens (including phenoxy) is 1. The van der Waals surface area contributed by atoms with Crippen molar-refractivity contribution in [3.8, 4) is 0 Å². The molecule has 2 N–H and O–H groups in total. The van der Waals surface area contributed by atoms with Crippen LogP contribution in [0.2, 0.25) is 0 Å². The number of carbonyl (C=O) groups is 1. The smallest absolute Gasteiger partial charge is 0.407 e. The second-order valence-electron chi connectivity index (χ2n) is 7.79. The van der Waals surface area contributed by atoms with Crippen molar-refractivity contribution in [2.24, 2.45) is 0 Å². The van der Waals surface area contributed by atoms with E-state index in [1.807, 2.05) is 0 Å². The van der Waals surface area contributed by atoms with Crippen LogP contribution in [-0.4, -0.2) is 52.4 Å². The third-order valence-corrected chi connectivity index (χ3v) is 5.11. The summed E-state index contributed by atoms with van der Waals surface area (Å²) in [6.45, 7) is 6.21. The molecule has 1 aromatic rings. The van der Waals surface area contributed by atoms with E-state index in [-0.39, 0.29) is 11.6 Å². The maximum absolute atomic E-state index is 10.9. The van der Waals surface area contributed by atoms with E-state index in [2.05, 4.69) is 31.3 Å². The van der Waals surface area contributed by atoms with Crippen LogP contribution in [0.3, 0.4) is 0 Å². The highest BCUT2D eigenvalue weighted by Crippen LogP contribution is 2.29. The lowest BCUT2D eigenvalue weighted by molar-refractivity contribution is 0.0563. The van der Waals surface area contributed by atoms with Crippen molar-refractivity contribution in [2.75, 3.05) is 25.0 Å². The van der Waals surface area contributed by atoms with E-state index in [1.54, 1.807) is 0 Å². The number of pyridine rings is 1. The highest BCUT2D eigenvalue weighted by molar-refractivity contribution is 5.65. The molecule has 1 atom stereocenters. The molecular formula is C19H29N3O3. The van der Waals surface area contributed by atoms with E-state index in [0.29, 0.717) is 19.7 Å². The Morgan fingerprint density at radius 1 is 1.44 bits per heavy atom. The van der Waals surface area contributed by atoms with Crippen molar-refractivity contribution < 1.29 is 14.6 Å². The Kier molecular flexibility index (Phi) is 5.47. The molecule has 3 rings (SSSR count). The summed E-state index contributed by atoms with van der Waals surface area (Å²) in [5.41, 5.74) is 2.56. The van der Waals surface area contributed by atoms with Crippen LogP contribution in [0.5, 0.6) is 0 Å². The molecule has 0 saturated carbocycles. The molecule has 0 radical (unpaired) electrons. The Morgan fingerprint density at radius 3 is 3.04 bits per heavy atom. The molecule has 1 amide bonds. The van der Waals surface area contributed by atoms with Gasteiger partial charge in [0, 0.05) is 24.4 Å². The first kappa shape index (κ1) is 18.0. The Morgan fingerprint density at radius 2 is 2.28 bits per heavy atom. The van der Waals surface area contributed by atoms with Crippen molar-refractivity contribution in [3.63, 3.8) is 0 Å². The normalized spacial score (nSPS) is 21.7. The highest BCUT2D eigenvalue weighted by atomic mass is 16.5. The average Bonchev–Trinajstić information content (AvgIpc) is 3.02. The van der Waals surface area contributed by atoms with E-state index in [4.69, 9.17) is 14.8 Å². The average molecular weight is 347 g/mol. The fourth-order valence-electron chi connectivity index (χ4n) is 3.50. The lowest BCUT2D eigenvalue weighted by atomic mass is 9.91. The van der Waals surface area contributed by atoms with Gasteiger partial charge in [0.25, 0.3) is 0 Å². The molecule has 138 valence electrons. The minimum absolute atomic E-state index is 0.0596. The van der Waals surface area contributed by atoms with Crippen LogP contribution in [-0.2, 0) is 17.6 Å². The number of hydrogen-bond donors (Lipinski definition) is 2. The van der Waals surface area contributed by atoms with Gasteiger partial charge in [0.1, 0.15) is 5.82 Å². The molecule has 1 unspecified atom stereocenters. The van der Waals surface area contributed by atoms with E-state index in [0.717, 1.165) is 50.0 Å². The topological polar surface area (TPSA) is 74.7 Å². The molecule has 6 heteroatoms. The number of fused-ring (bicyclic) bond motifs is 1. The van der Waals surface area contributed by atoms with Gasteiger partial charge in [-0.1, -0.05) is 6.07 Å². The lowest BCUT2D eigenvalue weighted by Gasteiger charge is -2.33. The summed E-state index contributed by atoms with van der Waals surface area (Å²) < 4.78 is 5.80. The molecule has 25 heavy (non-hydrogen) atoms. The van der Waals surface area contributed by atoms with E-state index < -0.39 is 6.09 Å². The van der Waals surface area contributed by atoms with Gasteiger partial charge in [0.05, 0.1) is 12.6 Å². The maximum atomic E-state index is 10.9. The summed E-state index contributed by atoms with van der Waals surface area (Å²) in [5.74, 6) is 1.05. The first-order chi connectivity index (χ1) is 11.9. The maximum Gasteiger partial charge on any atom is 0.407 e. The number of unbranched alkanes of at least 4 members (excludes halogenated alkanes) is 1. The van der Waals surface area contributed by atoms with Gasteiger partial charge >= 0.3 is 6.09 Å². The van der Waals surface area contributed by atoms with Gasteiger partial charge in [-0.15, -0.1) is 0 Å². The van der Waals surface area contributed by atoms with E-state index in [1.165, 1.54) is 10.5 Å². The second kappa shape index (κ2) is 7.60. The predicted molar refractivity (Wildman–Crippen MR) is 97.2 cm³/mol. The molecule has 2 aliphatic heterocycles. The molecular weight excluding hydrogens is 318 g/mol. The number of anilines is 1. The molecule has 6 nitrogen and oxygen atoms in total. The van der Waals surface area contributed by atoms with Crippen molar-refractivity contribution in [1.82, 2.24) is 9.88 Å². The van der Waals surface area contributed by atoms with Gasteiger partial charge in [-0.25, -0.2) is 9.78 Å². The van der Waals surface area contributed by atoms with Crippen LogP contribution >= 0.6 is 0 Å². The van der Waals surface area contributed by atoms with Gasteiger partial charge in [0.2, 0.25) is 0 Å². The number of rotatable bonds is 6. The van der Waals surface area contributed by atoms with Crippen molar-refractivity contribution >= 4 is 11.9 Å². The second-order valence-corrected chi connectivity index (χ2v) is 7.79. The standard InChI is InChI=1S/C19H29N3O3/c1-19(2)10-8-14-6-7-15(20-17(14)21-19)5-3-4-12-25-16-9-11-22(13-16)18(23)24/h6-7,16H,3-5,8-13H2,1-2H3,(H,20,21)(H,23,24). The minimum Gasteiger partial charge on any atom is -0.465 e. The lowest BCUT2D eigenvalue weighted by Crippen LogP contribution is -2.35. The molecule has 1 aromatic heterocycles. The number of likely N-dealkylation sites (tertiary alicyclic amines) is 1. The first-order valence-electron chi connectivity index (χ1n) is 9.29. The van der Waals surface area contributed by atoms with Gasteiger partial charge in [-0.2, -0.15) is 0 Å². The summed E-state index contributed by atoms with van der Waals surface area (Å²) in [6.07, 6.45) is 5.20. The van der Waals surface area contributed by atoms with Crippen LogP contribution in [0, 0.1) is 0 Å². The minimum atomic E-state index is -0.846. The van der Waals surface area contributed by atoms with Crippen LogP contribution < -0.4 is 5.32 Å². The van der Waals surface area contributed by atoms with E-state index >= 15 is 0 Å². The SMILES string of the molecule is CC1(C)CCc2ccc(CCCCOC3CCN(C(=O)O)C3)nc2N1. The van der Waals surface area contributed by atoms with Gasteiger partial charge in [-0.3, -0.25) is 0 Å². The van der Waals surface area contributed by atoms with Crippen molar-refractivity contribution in [3.05, 3.63) is 23.4 Å². The molecule has 0 aliphatic carbocycles. The van der Waals surface area contributed by atoms with Crippen LogP contribution in [0.1, 0.15) is 50.8 Å². The summed E-state index contributed by atoms with van der Waals surface area (Å²) in [6, 6.07) is 4.34. The monoisotopic (exact) mass is 347 g/mol. The Hall–Kier alpha value is -1.82. The molecule has 0 spiro atoms. The van der Waals surface area contributed by atoms with Crippen LogP contribution in [0.25, 0.3) is 0 Å². The Bertz CT molecular complexity index is 618. The third kappa shape index (κ3) is 4.84. The summed E-state index contributed by atoms with van der Waals surface area (Å²) in [5, 5.41) is 12.5. The first-order valence-corrected chi connectivity index (χ1v) is 9.29. The molecule has 0 aromatic carbocycles. The number of carboxylic acid groups (broad SMARTS) is 1. The van der Waals surface area contributed by atoms with Crippen LogP contribution in [0.15, 0.2) is 12.1 Å². The summed E-state index contributed by atoms with van der Waals surface area (Å²) in [4.78, 5) is 17.1. The van der Waals surface area contributed by atoms with Crippen molar-refractivity contribution in [1.29, 1.82) is 0 Å². The largest absolute Gasteiger partial charge is 0.465 e. The fourth-order valence-corrected chi connectivity index (χ4v) is 3.50. The van der Waals surface area contributed by atoms with Gasteiger partial charge in [0.15, 0.2) is 0 Å². The molecule has 0 bridgehead atoms. The molecule has 1 saturated heterocycles. The number of aromatic nitrogens is 1. The van der Waals surface area contributed by atoms with E-state index in [9.17, 15) is 4.79 Å². The summed E-state index contributed by atoms with van der Waals surface area (Å²) in [7, 11) is 0. The zero-order chi connectivity index (χ0) is 17.9. The Labute approximate surface area is 149 Å². The molecule has 3 heterocycles. The zero-order valence-electron chi connectivity index (χ0n) is 15.3. The third-order valence-electron chi connectivity index (χ3n) is 5.11. The van der Waals surface area contributed by atoms with Crippen LogP contribution in [0.4, 0.5) is 10.6 Å². The molecule has 1 fully saturated rings. The van der Waals surface area contributed by atoms with Crippen molar-refractivity contribution in [2.45, 2.75) is 64.0 Å². The zero-order valence-corrected chi connectivity index (χ0v) is 15.3. The number of aryl methyl sites for hydroxylation is 2. The fraction of sp³-hybridized carbons (Fsp3) is 0.684.